The first-order chi connectivity index (χ1) is 10.4. The van der Waals surface area contributed by atoms with Crippen LogP contribution in [-0.2, 0) is 12.6 Å². The van der Waals surface area contributed by atoms with Crippen molar-refractivity contribution in [2.24, 2.45) is 0 Å². The van der Waals surface area contributed by atoms with E-state index in [-0.39, 0.29) is 5.91 Å². The minimum Gasteiger partial charge on any atom is -0.352 e. The normalized spacial score (nSPS) is 11.3. The fourth-order valence-electron chi connectivity index (χ4n) is 1.82. The first-order valence-corrected chi connectivity index (χ1v) is 7.20. The van der Waals surface area contributed by atoms with Crippen molar-refractivity contribution in [2.75, 3.05) is 6.54 Å². The van der Waals surface area contributed by atoms with E-state index in [1.165, 1.54) is 18.3 Å². The summed E-state index contributed by atoms with van der Waals surface area (Å²) in [5, 5.41) is 2.70. The van der Waals surface area contributed by atoms with E-state index in [1.54, 1.807) is 12.3 Å². The van der Waals surface area contributed by atoms with Crippen LogP contribution in [0.4, 0.5) is 13.2 Å². The Morgan fingerprint density at radius 3 is 2.45 bits per heavy atom. The molecular weight excluding hydrogens is 361 g/mol. The lowest BCUT2D eigenvalue weighted by atomic mass is 10.1. The third-order valence-corrected chi connectivity index (χ3v) is 3.38. The summed E-state index contributed by atoms with van der Waals surface area (Å²) in [4.78, 5) is 15.7. The first kappa shape index (κ1) is 16.5. The van der Waals surface area contributed by atoms with Crippen LogP contribution in [0.1, 0.15) is 21.5 Å². The molecule has 0 spiro atoms. The maximum Gasteiger partial charge on any atom is 0.416 e. The van der Waals surface area contributed by atoms with Gasteiger partial charge in [-0.3, -0.25) is 9.78 Å². The number of hydrogen-bond donors (Lipinski definition) is 1. The molecule has 0 aliphatic heterocycles. The zero-order valence-corrected chi connectivity index (χ0v) is 12.9. The molecule has 0 atom stereocenters. The number of rotatable bonds is 4. The maximum absolute atomic E-state index is 12.4. The van der Waals surface area contributed by atoms with Gasteiger partial charge >= 0.3 is 6.18 Å². The number of nitrogens with one attached hydrogen (secondary N) is 1. The largest absolute Gasteiger partial charge is 0.416 e. The van der Waals surface area contributed by atoms with Crippen LogP contribution in [0.5, 0.6) is 0 Å². The molecule has 2 aromatic rings. The van der Waals surface area contributed by atoms with Crippen molar-refractivity contribution in [1.29, 1.82) is 0 Å². The molecule has 1 aromatic heterocycles. The highest BCUT2D eigenvalue weighted by molar-refractivity contribution is 9.10. The third kappa shape index (κ3) is 4.56. The minimum absolute atomic E-state index is 0.277. The number of halogens is 4. The fraction of sp³-hybridized carbons (Fsp3) is 0.200. The second-order valence-corrected chi connectivity index (χ2v) is 5.51. The molecule has 0 radical (unpaired) electrons. The number of pyridine rings is 1. The summed E-state index contributed by atoms with van der Waals surface area (Å²) < 4.78 is 38.0. The minimum atomic E-state index is -4.33. The van der Waals surface area contributed by atoms with Crippen molar-refractivity contribution in [3.05, 3.63) is 63.9 Å². The van der Waals surface area contributed by atoms with Gasteiger partial charge in [0, 0.05) is 23.4 Å². The molecule has 0 fully saturated rings. The molecule has 1 amide bonds. The summed E-state index contributed by atoms with van der Waals surface area (Å²) in [6.07, 6.45) is -0.872. The molecule has 3 nitrogen and oxygen atoms in total. The van der Waals surface area contributed by atoms with Crippen LogP contribution in [0.2, 0.25) is 0 Å². The molecule has 7 heteroatoms. The molecule has 116 valence electrons. The van der Waals surface area contributed by atoms with Gasteiger partial charge in [-0.25, -0.2) is 0 Å². The van der Waals surface area contributed by atoms with Gasteiger partial charge in [-0.05, 0) is 46.1 Å². The number of carbonyl (C=O) groups is 1. The number of carbonyl (C=O) groups excluding carboxylic acids is 1. The maximum atomic E-state index is 12.4. The van der Waals surface area contributed by atoms with Gasteiger partial charge in [0.25, 0.3) is 5.91 Å². The molecule has 1 heterocycles. The Bertz CT molecular complexity index is 657. The summed E-state index contributed by atoms with van der Waals surface area (Å²) in [6.45, 7) is 0.330. The van der Waals surface area contributed by atoms with Gasteiger partial charge in [-0.1, -0.05) is 12.1 Å². The summed E-state index contributed by atoms with van der Waals surface area (Å²) >= 11 is 3.22. The fourth-order valence-corrected chi connectivity index (χ4v) is 2.18. The molecule has 0 saturated carbocycles. The zero-order valence-electron chi connectivity index (χ0n) is 11.3. The number of benzene rings is 1. The number of hydrogen-bond acceptors (Lipinski definition) is 2. The van der Waals surface area contributed by atoms with E-state index >= 15 is 0 Å². The van der Waals surface area contributed by atoms with Crippen molar-refractivity contribution in [3.8, 4) is 0 Å². The van der Waals surface area contributed by atoms with Gasteiger partial charge in [0.2, 0.25) is 0 Å². The predicted molar refractivity (Wildman–Crippen MR) is 79.4 cm³/mol. The predicted octanol–water partition coefficient (Wildman–Crippen LogP) is 3.84. The zero-order chi connectivity index (χ0) is 16.2. The third-order valence-electron chi connectivity index (χ3n) is 2.95. The van der Waals surface area contributed by atoms with Gasteiger partial charge < -0.3 is 5.32 Å². The molecule has 0 aliphatic carbocycles. The van der Waals surface area contributed by atoms with Crippen molar-refractivity contribution >= 4 is 21.8 Å². The van der Waals surface area contributed by atoms with E-state index in [0.717, 1.165) is 17.7 Å². The van der Waals surface area contributed by atoms with Crippen LogP contribution in [0.25, 0.3) is 0 Å². The Kier molecular flexibility index (Phi) is 5.18. The average Bonchev–Trinajstić information content (AvgIpc) is 2.47. The van der Waals surface area contributed by atoms with Gasteiger partial charge in [0.15, 0.2) is 0 Å². The Hall–Kier alpha value is -1.89. The number of nitrogens with zero attached hydrogens (tertiary/aromatic N) is 1. The number of alkyl halides is 3. The van der Waals surface area contributed by atoms with E-state index in [0.29, 0.717) is 23.0 Å². The molecule has 0 unspecified atom stereocenters. The van der Waals surface area contributed by atoms with Crippen molar-refractivity contribution in [2.45, 2.75) is 12.6 Å². The van der Waals surface area contributed by atoms with Crippen LogP contribution in [-0.4, -0.2) is 17.4 Å². The standard InChI is InChI=1S/C15H12BrF3N2O/c16-13-7-11(8-20-9-13)14(22)21-6-5-10-1-3-12(4-2-10)15(17,18)19/h1-4,7-9H,5-6H2,(H,21,22). The number of amides is 1. The molecule has 2 rings (SSSR count). The van der Waals surface area contributed by atoms with E-state index in [1.807, 2.05) is 0 Å². The Morgan fingerprint density at radius 1 is 1.18 bits per heavy atom. The first-order valence-electron chi connectivity index (χ1n) is 6.41. The van der Waals surface area contributed by atoms with Crippen LogP contribution in [0, 0.1) is 0 Å². The van der Waals surface area contributed by atoms with Crippen LogP contribution in [0.3, 0.4) is 0 Å². The molecule has 0 bridgehead atoms. The van der Waals surface area contributed by atoms with Gasteiger partial charge in [0.05, 0.1) is 11.1 Å². The summed E-state index contributed by atoms with van der Waals surface area (Å²) in [5.74, 6) is -0.277. The van der Waals surface area contributed by atoms with E-state index in [4.69, 9.17) is 0 Å². The quantitative estimate of drug-likeness (QED) is 0.885. The molecule has 0 aliphatic rings. The highest BCUT2D eigenvalue weighted by Gasteiger charge is 2.29. The molecule has 0 saturated heterocycles. The SMILES string of the molecule is O=C(NCCc1ccc(C(F)(F)F)cc1)c1cncc(Br)c1. The summed E-state index contributed by atoms with van der Waals surface area (Å²) in [7, 11) is 0. The molecule has 1 aromatic carbocycles. The van der Waals surface area contributed by atoms with Gasteiger partial charge in [-0.2, -0.15) is 13.2 Å². The molecule has 1 N–H and O–H groups in total. The van der Waals surface area contributed by atoms with Crippen LogP contribution < -0.4 is 5.32 Å². The highest BCUT2D eigenvalue weighted by Crippen LogP contribution is 2.29. The lowest BCUT2D eigenvalue weighted by Crippen LogP contribution is -2.25. The van der Waals surface area contributed by atoms with Crippen molar-refractivity contribution in [3.63, 3.8) is 0 Å². The van der Waals surface area contributed by atoms with E-state index in [2.05, 4.69) is 26.2 Å². The Labute approximate surface area is 133 Å². The lowest BCUT2D eigenvalue weighted by Gasteiger charge is -2.08. The Morgan fingerprint density at radius 2 is 1.86 bits per heavy atom. The lowest BCUT2D eigenvalue weighted by molar-refractivity contribution is -0.137. The van der Waals surface area contributed by atoms with Gasteiger partial charge in [0.1, 0.15) is 0 Å². The number of aromatic nitrogens is 1. The second kappa shape index (κ2) is 6.91. The van der Waals surface area contributed by atoms with Crippen LogP contribution >= 0.6 is 15.9 Å². The Balaban J connectivity index is 1.87. The van der Waals surface area contributed by atoms with E-state index < -0.39 is 11.7 Å². The van der Waals surface area contributed by atoms with Gasteiger partial charge in [-0.15, -0.1) is 0 Å². The highest BCUT2D eigenvalue weighted by atomic mass is 79.9. The summed E-state index contributed by atoms with van der Waals surface area (Å²) in [5.41, 5.74) is 0.461. The topological polar surface area (TPSA) is 42.0 Å². The molecule has 22 heavy (non-hydrogen) atoms. The van der Waals surface area contributed by atoms with Crippen molar-refractivity contribution < 1.29 is 18.0 Å². The average molecular weight is 373 g/mol. The molecular formula is C15H12BrF3N2O. The van der Waals surface area contributed by atoms with E-state index in [9.17, 15) is 18.0 Å². The summed E-state index contributed by atoms with van der Waals surface area (Å²) in [6, 6.07) is 6.54. The second-order valence-electron chi connectivity index (χ2n) is 4.59. The van der Waals surface area contributed by atoms with Crippen LogP contribution in [0.15, 0.2) is 47.2 Å². The monoisotopic (exact) mass is 372 g/mol. The smallest absolute Gasteiger partial charge is 0.352 e. The van der Waals surface area contributed by atoms with Crippen molar-refractivity contribution in [1.82, 2.24) is 10.3 Å².